The number of hydrogen-bond donors (Lipinski definition) is 3. The molecule has 4 aromatic rings. The van der Waals surface area contributed by atoms with Crippen LogP contribution >= 0.6 is 11.6 Å². The molecule has 0 spiro atoms. The van der Waals surface area contributed by atoms with Crippen molar-refractivity contribution in [2.45, 2.75) is 31.2 Å². The van der Waals surface area contributed by atoms with Crippen LogP contribution in [0.5, 0.6) is 0 Å². The Kier molecular flexibility index (Phi) is 4.89. The summed E-state index contributed by atoms with van der Waals surface area (Å²) in [6.45, 7) is 0.153. The first kappa shape index (κ1) is 20.5. The smallest absolute Gasteiger partial charge is 0.410 e. The van der Waals surface area contributed by atoms with Crippen LogP contribution < -0.4 is 10.6 Å². The number of carbonyl (C=O) groups is 1. The molecule has 1 aliphatic heterocycles. The third kappa shape index (κ3) is 3.70. The molecule has 166 valence electrons. The van der Waals surface area contributed by atoms with Crippen LogP contribution in [0.15, 0.2) is 53.3 Å². The molecule has 0 unspecified atom stereocenters. The van der Waals surface area contributed by atoms with E-state index in [1.807, 2.05) is 12.1 Å². The first-order valence-electron chi connectivity index (χ1n) is 9.79. The third-order valence-corrected chi connectivity index (χ3v) is 5.68. The number of aromatic amines is 1. The highest BCUT2D eigenvalue weighted by Crippen LogP contribution is 2.44. The van der Waals surface area contributed by atoms with Gasteiger partial charge in [-0.1, -0.05) is 11.6 Å². The number of aromatic nitrogens is 3. The summed E-state index contributed by atoms with van der Waals surface area (Å²) >= 11 is 6.00. The van der Waals surface area contributed by atoms with Crippen LogP contribution in [0.2, 0.25) is 5.02 Å². The van der Waals surface area contributed by atoms with Gasteiger partial charge in [-0.25, -0.2) is 4.68 Å². The van der Waals surface area contributed by atoms with Gasteiger partial charge < -0.3 is 20.0 Å². The predicted molar refractivity (Wildman–Crippen MR) is 111 cm³/mol. The number of benzene rings is 1. The van der Waals surface area contributed by atoms with Crippen LogP contribution in [0, 0.1) is 0 Å². The Morgan fingerprint density at radius 1 is 1.31 bits per heavy atom. The fourth-order valence-electron chi connectivity index (χ4n) is 3.93. The molecular weight excluding hydrogens is 447 g/mol. The van der Waals surface area contributed by atoms with Gasteiger partial charge in [0.25, 0.3) is 5.91 Å². The quantitative estimate of drug-likeness (QED) is 0.388. The molecule has 11 heteroatoms. The minimum absolute atomic E-state index is 0.000837. The lowest BCUT2D eigenvalue weighted by Gasteiger charge is -2.32. The molecular formula is C21H17ClF3N5O2. The molecule has 1 aliphatic rings. The Labute approximate surface area is 184 Å². The van der Waals surface area contributed by atoms with Crippen molar-refractivity contribution in [3.8, 4) is 0 Å². The van der Waals surface area contributed by atoms with Crippen molar-refractivity contribution in [3.63, 3.8) is 0 Å². The molecule has 0 aliphatic carbocycles. The lowest BCUT2D eigenvalue weighted by atomic mass is 10.0. The molecule has 1 aromatic carbocycles. The Bertz CT molecular complexity index is 1280. The number of furan rings is 1. The summed E-state index contributed by atoms with van der Waals surface area (Å²) in [5.41, 5.74) is 1.61. The maximum atomic E-state index is 13.7. The summed E-state index contributed by atoms with van der Waals surface area (Å²) in [5, 5.41) is 11.1. The molecule has 3 N–H and O–H groups in total. The number of nitrogens with one attached hydrogen (secondary N) is 3. The Balaban J connectivity index is 1.39. The second-order valence-electron chi connectivity index (χ2n) is 7.57. The first-order valence-corrected chi connectivity index (χ1v) is 10.2. The summed E-state index contributed by atoms with van der Waals surface area (Å²) in [5.74, 6) is -0.188. The highest BCUT2D eigenvalue weighted by molar-refractivity contribution is 6.31. The number of rotatable bonds is 4. The number of nitrogens with zero attached hydrogens (tertiary/aromatic N) is 2. The van der Waals surface area contributed by atoms with Crippen LogP contribution in [0.4, 0.5) is 19.0 Å². The monoisotopic (exact) mass is 463 g/mol. The number of halogens is 4. The Hall–Kier alpha value is -3.40. The van der Waals surface area contributed by atoms with E-state index in [9.17, 15) is 18.0 Å². The zero-order valence-electron chi connectivity index (χ0n) is 16.4. The fourth-order valence-corrected chi connectivity index (χ4v) is 4.11. The lowest BCUT2D eigenvalue weighted by Crippen LogP contribution is -2.36. The van der Waals surface area contributed by atoms with E-state index in [0.29, 0.717) is 10.8 Å². The largest absolute Gasteiger partial charge is 0.467 e. The van der Waals surface area contributed by atoms with E-state index < -0.39 is 24.2 Å². The molecule has 0 saturated heterocycles. The summed E-state index contributed by atoms with van der Waals surface area (Å²) in [6, 6.07) is 7.79. The van der Waals surface area contributed by atoms with Crippen molar-refractivity contribution in [3.05, 3.63) is 70.9 Å². The number of amides is 1. The maximum Gasteiger partial charge on any atom is 0.410 e. The van der Waals surface area contributed by atoms with Gasteiger partial charge in [0.05, 0.1) is 25.0 Å². The lowest BCUT2D eigenvalue weighted by molar-refractivity contribution is -0.174. The molecule has 0 saturated carbocycles. The maximum absolute atomic E-state index is 13.7. The van der Waals surface area contributed by atoms with Crippen molar-refractivity contribution in [1.29, 1.82) is 0 Å². The van der Waals surface area contributed by atoms with Gasteiger partial charge in [-0.05, 0) is 36.4 Å². The topological polar surface area (TPSA) is 87.9 Å². The highest BCUT2D eigenvalue weighted by atomic mass is 35.5. The molecule has 0 radical (unpaired) electrons. The predicted octanol–water partition coefficient (Wildman–Crippen LogP) is 5.20. The molecule has 1 amide bonds. The molecule has 2 atom stereocenters. The highest BCUT2D eigenvalue weighted by Gasteiger charge is 2.47. The van der Waals surface area contributed by atoms with E-state index in [2.05, 4.69) is 20.7 Å². The summed E-state index contributed by atoms with van der Waals surface area (Å²) in [7, 11) is 0. The third-order valence-electron chi connectivity index (χ3n) is 5.45. The van der Waals surface area contributed by atoms with Gasteiger partial charge in [0.15, 0.2) is 6.04 Å². The Morgan fingerprint density at radius 3 is 2.91 bits per heavy atom. The zero-order valence-corrected chi connectivity index (χ0v) is 17.2. The molecule has 32 heavy (non-hydrogen) atoms. The normalized spacial score (nSPS) is 18.4. The van der Waals surface area contributed by atoms with Crippen molar-refractivity contribution in [1.82, 2.24) is 20.1 Å². The number of alkyl halides is 3. The van der Waals surface area contributed by atoms with Gasteiger partial charge in [-0.2, -0.15) is 18.3 Å². The second-order valence-corrected chi connectivity index (χ2v) is 8.00. The van der Waals surface area contributed by atoms with Crippen molar-refractivity contribution < 1.29 is 22.4 Å². The average molecular weight is 464 g/mol. The molecule has 3 aromatic heterocycles. The molecule has 7 nitrogen and oxygen atoms in total. The fraction of sp³-hybridized carbons (Fsp3) is 0.238. The van der Waals surface area contributed by atoms with Crippen molar-refractivity contribution in [2.75, 3.05) is 5.32 Å². The van der Waals surface area contributed by atoms with Crippen LogP contribution in [-0.4, -0.2) is 26.8 Å². The van der Waals surface area contributed by atoms with Crippen LogP contribution in [0.1, 0.15) is 40.3 Å². The van der Waals surface area contributed by atoms with Gasteiger partial charge in [0.1, 0.15) is 17.1 Å². The van der Waals surface area contributed by atoms with Gasteiger partial charge >= 0.3 is 6.18 Å². The Morgan fingerprint density at radius 2 is 2.16 bits per heavy atom. The van der Waals surface area contributed by atoms with Gasteiger partial charge in [-0.15, -0.1) is 0 Å². The van der Waals surface area contributed by atoms with E-state index in [0.717, 1.165) is 27.5 Å². The molecule has 5 rings (SSSR count). The zero-order chi connectivity index (χ0) is 22.5. The summed E-state index contributed by atoms with van der Waals surface area (Å²) in [4.78, 5) is 16.0. The summed E-state index contributed by atoms with van der Waals surface area (Å²) < 4.78 is 47.2. The molecule has 4 heterocycles. The van der Waals surface area contributed by atoms with E-state index in [1.165, 1.54) is 6.26 Å². The van der Waals surface area contributed by atoms with Gasteiger partial charge in [-0.3, -0.25) is 4.79 Å². The number of anilines is 1. The van der Waals surface area contributed by atoms with Crippen LogP contribution in [-0.2, 0) is 6.54 Å². The van der Waals surface area contributed by atoms with Gasteiger partial charge in [0.2, 0.25) is 0 Å². The molecule has 0 bridgehead atoms. The number of carbonyl (C=O) groups excluding carboxylic acids is 1. The number of hydrogen-bond acceptors (Lipinski definition) is 4. The van der Waals surface area contributed by atoms with E-state index >= 15 is 0 Å². The number of H-pyrrole nitrogens is 1. The first-order chi connectivity index (χ1) is 15.3. The minimum atomic E-state index is -4.53. The van der Waals surface area contributed by atoms with Gasteiger partial charge in [0, 0.05) is 28.0 Å². The van der Waals surface area contributed by atoms with Crippen molar-refractivity contribution in [2.24, 2.45) is 0 Å². The van der Waals surface area contributed by atoms with Crippen molar-refractivity contribution >= 4 is 34.2 Å². The standard InChI is InChI=1S/C21H17ClF3N5O2/c22-12-3-4-15-11(6-12)7-13(28-15)9-26-20(31)14-10-27-30-18(21(23,24)25)8-16(29-19(14)30)17-2-1-5-32-17/h1-7,10,16,18,28-29H,8-9H2,(H,26,31)/t16-,18+/m0/s1. The second kappa shape index (κ2) is 7.63. The average Bonchev–Trinajstić information content (AvgIpc) is 3.48. The van der Waals surface area contributed by atoms with Crippen LogP contribution in [0.25, 0.3) is 10.9 Å². The summed E-state index contributed by atoms with van der Waals surface area (Å²) in [6.07, 6.45) is -2.30. The SMILES string of the molecule is O=C(NCc1cc2cc(Cl)ccc2[nH]1)c1cnn2c1N[C@H](c1ccco1)C[C@@H]2C(F)(F)F. The van der Waals surface area contributed by atoms with E-state index in [1.54, 1.807) is 24.3 Å². The van der Waals surface area contributed by atoms with E-state index in [-0.39, 0.29) is 24.3 Å². The van der Waals surface area contributed by atoms with E-state index in [4.69, 9.17) is 16.0 Å². The number of fused-ring (bicyclic) bond motifs is 2. The van der Waals surface area contributed by atoms with Crippen LogP contribution in [0.3, 0.4) is 0 Å². The minimum Gasteiger partial charge on any atom is -0.467 e. The molecule has 0 fully saturated rings.